The molecule has 3 aromatic rings. The average molecular weight is 228 g/mol. The molecule has 0 bridgehead atoms. The van der Waals surface area contributed by atoms with E-state index in [1.807, 2.05) is 18.2 Å². The van der Waals surface area contributed by atoms with E-state index in [-0.39, 0.29) is 11.5 Å². The number of hydrogen-bond donors (Lipinski definition) is 2. The summed E-state index contributed by atoms with van der Waals surface area (Å²) in [5, 5.41) is 9.06. The number of benzene rings is 1. The van der Waals surface area contributed by atoms with E-state index in [2.05, 4.69) is 9.97 Å². The van der Waals surface area contributed by atoms with Crippen molar-refractivity contribution in [1.82, 2.24) is 14.4 Å². The maximum absolute atomic E-state index is 11.1. The van der Waals surface area contributed by atoms with Crippen molar-refractivity contribution in [2.45, 2.75) is 0 Å². The van der Waals surface area contributed by atoms with Gasteiger partial charge in [0.25, 0.3) is 0 Å². The smallest absolute Gasteiger partial charge is 0.341 e. The first-order chi connectivity index (χ1) is 8.18. The van der Waals surface area contributed by atoms with Crippen LogP contribution in [0.1, 0.15) is 10.4 Å². The molecule has 0 fully saturated rings. The van der Waals surface area contributed by atoms with E-state index in [9.17, 15) is 4.79 Å². The molecule has 0 unspecified atom stereocenters. The van der Waals surface area contributed by atoms with Gasteiger partial charge in [0.15, 0.2) is 5.65 Å². The molecule has 0 saturated carbocycles. The molecule has 1 aromatic carbocycles. The Kier molecular flexibility index (Phi) is 1.79. The summed E-state index contributed by atoms with van der Waals surface area (Å²) in [5.41, 5.74) is 7.54. The predicted octanol–water partition coefficient (Wildman–Crippen LogP) is 1.16. The topological polar surface area (TPSA) is 93.5 Å². The Balaban J connectivity index is 2.58. The number of aromatic nitrogens is 3. The number of anilines is 1. The third-order valence-electron chi connectivity index (χ3n) is 2.59. The van der Waals surface area contributed by atoms with Gasteiger partial charge in [-0.3, -0.25) is 4.40 Å². The summed E-state index contributed by atoms with van der Waals surface area (Å²) >= 11 is 0. The summed E-state index contributed by atoms with van der Waals surface area (Å²) in [5.74, 6) is -0.850. The molecule has 6 heteroatoms. The van der Waals surface area contributed by atoms with Crippen molar-refractivity contribution < 1.29 is 9.90 Å². The molecule has 0 radical (unpaired) electrons. The maximum Gasteiger partial charge on any atom is 0.341 e. The number of fused-ring (bicyclic) bond motifs is 3. The molecule has 2 aromatic heterocycles. The third kappa shape index (κ3) is 1.24. The number of carboxylic acids is 1. The molecule has 0 aliphatic rings. The van der Waals surface area contributed by atoms with E-state index in [0.717, 1.165) is 5.52 Å². The first-order valence-electron chi connectivity index (χ1n) is 4.93. The highest BCUT2D eigenvalue weighted by Gasteiger charge is 2.15. The Hall–Kier alpha value is -2.63. The molecule has 0 spiro atoms. The Labute approximate surface area is 95.3 Å². The van der Waals surface area contributed by atoms with Gasteiger partial charge in [-0.2, -0.15) is 0 Å². The number of aromatic carboxylic acids is 1. The minimum atomic E-state index is -1.07. The summed E-state index contributed by atoms with van der Waals surface area (Å²) in [7, 11) is 0. The molecular formula is C11H8N4O2. The Morgan fingerprint density at radius 2 is 2.12 bits per heavy atom. The first-order valence-corrected chi connectivity index (χ1v) is 4.93. The lowest BCUT2D eigenvalue weighted by atomic mass is 10.3. The lowest BCUT2D eigenvalue weighted by Gasteiger charge is -2.01. The van der Waals surface area contributed by atoms with Crippen molar-refractivity contribution >= 4 is 28.6 Å². The minimum Gasteiger partial charge on any atom is -0.477 e. The highest BCUT2D eigenvalue weighted by atomic mass is 16.4. The van der Waals surface area contributed by atoms with Crippen LogP contribution in [0.3, 0.4) is 0 Å². The average Bonchev–Trinajstić information content (AvgIpc) is 2.68. The van der Waals surface area contributed by atoms with Crippen molar-refractivity contribution in [2.75, 3.05) is 5.73 Å². The summed E-state index contributed by atoms with van der Waals surface area (Å²) < 4.78 is 1.54. The number of para-hydroxylation sites is 2. The van der Waals surface area contributed by atoms with Gasteiger partial charge in [0, 0.05) is 6.20 Å². The molecule has 0 aliphatic heterocycles. The highest BCUT2D eigenvalue weighted by Crippen LogP contribution is 2.20. The van der Waals surface area contributed by atoms with Crippen LogP contribution in [0, 0.1) is 0 Å². The fourth-order valence-corrected chi connectivity index (χ4v) is 1.84. The number of nitrogens with zero attached hydrogens (tertiary/aromatic N) is 3. The third-order valence-corrected chi connectivity index (χ3v) is 2.59. The van der Waals surface area contributed by atoms with Crippen LogP contribution in [-0.2, 0) is 0 Å². The molecular weight excluding hydrogens is 220 g/mol. The molecule has 6 nitrogen and oxygen atoms in total. The van der Waals surface area contributed by atoms with Gasteiger partial charge in [-0.25, -0.2) is 14.8 Å². The standard InChI is InChI=1S/C11H8N4O2/c12-11-13-5-6(10(16)17)9-14-7-3-1-2-4-8(7)15(9)11/h1-5H,(H2,12,13)(H,16,17). The first kappa shape index (κ1) is 9.59. The van der Waals surface area contributed by atoms with Crippen LogP contribution in [0.5, 0.6) is 0 Å². The predicted molar refractivity (Wildman–Crippen MR) is 61.9 cm³/mol. The molecule has 0 saturated heterocycles. The van der Waals surface area contributed by atoms with Crippen molar-refractivity contribution in [1.29, 1.82) is 0 Å². The van der Waals surface area contributed by atoms with Crippen LogP contribution >= 0.6 is 0 Å². The zero-order valence-electron chi connectivity index (χ0n) is 8.66. The van der Waals surface area contributed by atoms with Crippen molar-refractivity contribution in [3.63, 3.8) is 0 Å². The van der Waals surface area contributed by atoms with Crippen LogP contribution in [0.25, 0.3) is 16.7 Å². The number of carboxylic acid groups (broad SMARTS) is 1. The molecule has 3 N–H and O–H groups in total. The molecule has 3 rings (SSSR count). The lowest BCUT2D eigenvalue weighted by molar-refractivity contribution is 0.0698. The quantitative estimate of drug-likeness (QED) is 0.651. The summed E-state index contributed by atoms with van der Waals surface area (Å²) in [6.07, 6.45) is 1.22. The van der Waals surface area contributed by atoms with E-state index in [1.165, 1.54) is 6.20 Å². The van der Waals surface area contributed by atoms with E-state index in [0.29, 0.717) is 11.2 Å². The number of rotatable bonds is 1. The van der Waals surface area contributed by atoms with E-state index in [4.69, 9.17) is 10.8 Å². The molecule has 0 atom stereocenters. The molecule has 0 amide bonds. The van der Waals surface area contributed by atoms with Gasteiger partial charge in [0.1, 0.15) is 5.56 Å². The van der Waals surface area contributed by atoms with Crippen LogP contribution < -0.4 is 5.73 Å². The van der Waals surface area contributed by atoms with Crippen LogP contribution in [0.2, 0.25) is 0 Å². The number of carbonyl (C=O) groups is 1. The number of nitrogens with two attached hydrogens (primary N) is 1. The van der Waals surface area contributed by atoms with Gasteiger partial charge in [-0.05, 0) is 12.1 Å². The highest BCUT2D eigenvalue weighted by molar-refractivity contribution is 5.97. The zero-order valence-corrected chi connectivity index (χ0v) is 8.66. The Morgan fingerprint density at radius 3 is 2.88 bits per heavy atom. The largest absolute Gasteiger partial charge is 0.477 e. The van der Waals surface area contributed by atoms with Crippen molar-refractivity contribution in [2.24, 2.45) is 0 Å². The monoisotopic (exact) mass is 228 g/mol. The fraction of sp³-hybridized carbons (Fsp3) is 0. The van der Waals surface area contributed by atoms with Crippen molar-refractivity contribution in [3.8, 4) is 0 Å². The van der Waals surface area contributed by atoms with Crippen molar-refractivity contribution in [3.05, 3.63) is 36.0 Å². The number of nitrogen functional groups attached to an aromatic ring is 1. The minimum absolute atomic E-state index is 0.0374. The van der Waals surface area contributed by atoms with Gasteiger partial charge >= 0.3 is 5.97 Å². The van der Waals surface area contributed by atoms with Gasteiger partial charge in [0.05, 0.1) is 11.0 Å². The van der Waals surface area contributed by atoms with Crippen LogP contribution in [0.15, 0.2) is 30.5 Å². The lowest BCUT2D eigenvalue weighted by Crippen LogP contribution is -2.06. The van der Waals surface area contributed by atoms with Gasteiger partial charge in [-0.15, -0.1) is 0 Å². The number of imidazole rings is 1. The Bertz CT molecular complexity index is 748. The van der Waals surface area contributed by atoms with Gasteiger partial charge in [-0.1, -0.05) is 12.1 Å². The summed E-state index contributed by atoms with van der Waals surface area (Å²) in [6.45, 7) is 0. The SMILES string of the molecule is Nc1ncc(C(=O)O)c2nc3ccccc3n12. The van der Waals surface area contributed by atoms with Gasteiger partial charge in [0.2, 0.25) is 5.95 Å². The molecule has 0 aliphatic carbocycles. The summed E-state index contributed by atoms with van der Waals surface area (Å²) in [4.78, 5) is 19.2. The summed E-state index contributed by atoms with van der Waals surface area (Å²) in [6, 6.07) is 7.29. The maximum atomic E-state index is 11.1. The second-order valence-electron chi connectivity index (χ2n) is 3.59. The zero-order chi connectivity index (χ0) is 12.0. The molecule has 2 heterocycles. The van der Waals surface area contributed by atoms with Crippen LogP contribution in [0.4, 0.5) is 5.95 Å². The second-order valence-corrected chi connectivity index (χ2v) is 3.59. The molecule has 17 heavy (non-hydrogen) atoms. The number of hydrogen-bond acceptors (Lipinski definition) is 4. The van der Waals surface area contributed by atoms with E-state index < -0.39 is 5.97 Å². The van der Waals surface area contributed by atoms with Crippen LogP contribution in [-0.4, -0.2) is 25.4 Å². The normalized spacial score (nSPS) is 11.1. The fourth-order valence-electron chi connectivity index (χ4n) is 1.84. The van der Waals surface area contributed by atoms with E-state index in [1.54, 1.807) is 10.5 Å². The van der Waals surface area contributed by atoms with Gasteiger partial charge < -0.3 is 10.8 Å². The molecule has 84 valence electrons. The Morgan fingerprint density at radius 1 is 1.35 bits per heavy atom. The van der Waals surface area contributed by atoms with E-state index >= 15 is 0 Å². The second kappa shape index (κ2) is 3.18.